The Labute approximate surface area is 155 Å². The van der Waals surface area contributed by atoms with Gasteiger partial charge in [0.1, 0.15) is 0 Å². The number of carbonyl (C=O) groups is 2. The SMILES string of the molecule is O=C(COC(=O)CSc1ccc(Br)cc1)Nc1ccccc1Br. The van der Waals surface area contributed by atoms with Crippen LogP contribution in [0.2, 0.25) is 0 Å². The zero-order chi connectivity index (χ0) is 16.7. The lowest BCUT2D eigenvalue weighted by atomic mass is 10.3. The van der Waals surface area contributed by atoms with Gasteiger partial charge in [-0.1, -0.05) is 28.1 Å². The fraction of sp³-hybridized carbons (Fsp3) is 0.125. The molecule has 1 amide bonds. The van der Waals surface area contributed by atoms with Gasteiger partial charge >= 0.3 is 5.97 Å². The zero-order valence-corrected chi connectivity index (χ0v) is 15.9. The van der Waals surface area contributed by atoms with Crippen molar-refractivity contribution in [3.63, 3.8) is 0 Å². The summed E-state index contributed by atoms with van der Waals surface area (Å²) in [5.41, 5.74) is 0.637. The number of rotatable bonds is 6. The van der Waals surface area contributed by atoms with E-state index in [1.807, 2.05) is 36.4 Å². The van der Waals surface area contributed by atoms with E-state index >= 15 is 0 Å². The monoisotopic (exact) mass is 457 g/mol. The fourth-order valence-corrected chi connectivity index (χ4v) is 2.95. The molecule has 0 heterocycles. The third-order valence-electron chi connectivity index (χ3n) is 2.68. The molecule has 0 aliphatic carbocycles. The number of hydrogen-bond acceptors (Lipinski definition) is 4. The topological polar surface area (TPSA) is 55.4 Å². The van der Waals surface area contributed by atoms with E-state index in [2.05, 4.69) is 37.2 Å². The van der Waals surface area contributed by atoms with Gasteiger partial charge < -0.3 is 10.1 Å². The van der Waals surface area contributed by atoms with Gasteiger partial charge in [-0.3, -0.25) is 9.59 Å². The maximum absolute atomic E-state index is 11.8. The second-order valence-electron chi connectivity index (χ2n) is 4.43. The second-order valence-corrected chi connectivity index (χ2v) is 7.25. The first-order chi connectivity index (χ1) is 11.0. The number of carbonyl (C=O) groups excluding carboxylic acids is 2. The second kappa shape index (κ2) is 9.10. The van der Waals surface area contributed by atoms with E-state index in [4.69, 9.17) is 4.74 Å². The van der Waals surface area contributed by atoms with E-state index in [0.29, 0.717) is 5.69 Å². The highest BCUT2D eigenvalue weighted by Gasteiger charge is 2.09. The highest BCUT2D eigenvalue weighted by atomic mass is 79.9. The van der Waals surface area contributed by atoms with Crippen molar-refractivity contribution in [2.45, 2.75) is 4.90 Å². The number of para-hydroxylation sites is 1. The third-order valence-corrected chi connectivity index (χ3v) is 4.89. The number of thioether (sulfide) groups is 1. The summed E-state index contributed by atoms with van der Waals surface area (Å²) >= 11 is 8.04. The molecule has 2 rings (SSSR count). The fourth-order valence-electron chi connectivity index (χ4n) is 1.61. The number of halogens is 2. The predicted octanol–water partition coefficient (Wildman–Crippen LogP) is 4.49. The Morgan fingerprint density at radius 2 is 1.74 bits per heavy atom. The summed E-state index contributed by atoms with van der Waals surface area (Å²) in [6.07, 6.45) is 0. The van der Waals surface area contributed by atoms with Gasteiger partial charge in [-0.15, -0.1) is 11.8 Å². The van der Waals surface area contributed by atoms with Crippen LogP contribution in [-0.4, -0.2) is 24.2 Å². The molecular weight excluding hydrogens is 446 g/mol. The Bertz CT molecular complexity index is 692. The molecule has 0 saturated carbocycles. The summed E-state index contributed by atoms with van der Waals surface area (Å²) in [6.45, 7) is -0.304. The molecule has 0 aliphatic heterocycles. The van der Waals surface area contributed by atoms with Crippen LogP contribution in [0.1, 0.15) is 0 Å². The van der Waals surface area contributed by atoms with E-state index < -0.39 is 5.97 Å². The minimum Gasteiger partial charge on any atom is -0.455 e. The van der Waals surface area contributed by atoms with Crippen LogP contribution in [0.4, 0.5) is 5.69 Å². The number of amides is 1. The number of esters is 1. The van der Waals surface area contributed by atoms with Gasteiger partial charge in [-0.2, -0.15) is 0 Å². The molecule has 0 bridgehead atoms. The van der Waals surface area contributed by atoms with E-state index in [1.54, 1.807) is 12.1 Å². The molecule has 2 aromatic carbocycles. The molecule has 0 spiro atoms. The normalized spacial score (nSPS) is 10.2. The van der Waals surface area contributed by atoms with Crippen molar-refractivity contribution in [1.29, 1.82) is 0 Å². The molecule has 0 unspecified atom stereocenters. The van der Waals surface area contributed by atoms with E-state index in [0.717, 1.165) is 13.8 Å². The van der Waals surface area contributed by atoms with Crippen molar-refractivity contribution in [1.82, 2.24) is 0 Å². The Morgan fingerprint density at radius 1 is 1.04 bits per heavy atom. The van der Waals surface area contributed by atoms with Crippen LogP contribution in [0.3, 0.4) is 0 Å². The maximum atomic E-state index is 11.8. The van der Waals surface area contributed by atoms with Gasteiger partial charge in [0.05, 0.1) is 11.4 Å². The van der Waals surface area contributed by atoms with Crippen LogP contribution >= 0.6 is 43.6 Å². The molecule has 0 aliphatic rings. The quantitative estimate of drug-likeness (QED) is 0.512. The number of ether oxygens (including phenoxy) is 1. The first kappa shape index (κ1) is 18.0. The summed E-state index contributed by atoms with van der Waals surface area (Å²) in [5, 5.41) is 2.67. The molecular formula is C16H13Br2NO3S. The van der Waals surface area contributed by atoms with E-state index in [9.17, 15) is 9.59 Å². The molecule has 0 aromatic heterocycles. The number of hydrogen-bond donors (Lipinski definition) is 1. The molecule has 2 aromatic rings. The maximum Gasteiger partial charge on any atom is 0.316 e. The Morgan fingerprint density at radius 3 is 2.43 bits per heavy atom. The molecule has 120 valence electrons. The summed E-state index contributed by atoms with van der Waals surface area (Å²) in [5.74, 6) is -0.650. The number of nitrogens with one attached hydrogen (secondary N) is 1. The third kappa shape index (κ3) is 6.37. The van der Waals surface area contributed by atoms with Crippen LogP contribution in [0.25, 0.3) is 0 Å². The lowest BCUT2D eigenvalue weighted by molar-refractivity contribution is -0.144. The van der Waals surface area contributed by atoms with Crippen LogP contribution in [0.15, 0.2) is 62.4 Å². The molecule has 23 heavy (non-hydrogen) atoms. The van der Waals surface area contributed by atoms with Crippen molar-refractivity contribution in [3.05, 3.63) is 57.5 Å². The van der Waals surface area contributed by atoms with Gasteiger partial charge in [0.25, 0.3) is 5.91 Å². The van der Waals surface area contributed by atoms with Gasteiger partial charge in [0.15, 0.2) is 6.61 Å². The first-order valence-electron chi connectivity index (χ1n) is 6.63. The van der Waals surface area contributed by atoms with Gasteiger partial charge in [0, 0.05) is 13.8 Å². The van der Waals surface area contributed by atoms with Crippen molar-refractivity contribution in [3.8, 4) is 0 Å². The van der Waals surface area contributed by atoms with Crippen molar-refractivity contribution < 1.29 is 14.3 Å². The number of anilines is 1. The van der Waals surface area contributed by atoms with Crippen molar-refractivity contribution in [2.24, 2.45) is 0 Å². The molecule has 0 saturated heterocycles. The van der Waals surface area contributed by atoms with Crippen molar-refractivity contribution in [2.75, 3.05) is 17.7 Å². The lowest BCUT2D eigenvalue weighted by Gasteiger charge is -2.08. The molecule has 0 atom stereocenters. The standard InChI is InChI=1S/C16H13Br2NO3S/c17-11-5-7-12(8-6-11)23-10-16(21)22-9-15(20)19-14-4-2-1-3-13(14)18/h1-8H,9-10H2,(H,19,20). The number of benzene rings is 2. The summed E-state index contributed by atoms with van der Waals surface area (Å²) in [4.78, 5) is 24.4. The molecule has 7 heteroatoms. The summed E-state index contributed by atoms with van der Waals surface area (Å²) in [6, 6.07) is 14.8. The molecule has 0 radical (unpaired) electrons. The van der Waals surface area contributed by atoms with Gasteiger partial charge in [0.2, 0.25) is 0 Å². The predicted molar refractivity (Wildman–Crippen MR) is 98.6 cm³/mol. The van der Waals surface area contributed by atoms with Crippen molar-refractivity contribution >= 4 is 61.2 Å². The smallest absolute Gasteiger partial charge is 0.316 e. The Hall–Kier alpha value is -1.31. The first-order valence-corrected chi connectivity index (χ1v) is 9.20. The minimum atomic E-state index is -0.430. The zero-order valence-electron chi connectivity index (χ0n) is 11.9. The largest absolute Gasteiger partial charge is 0.455 e. The summed E-state index contributed by atoms with van der Waals surface area (Å²) in [7, 11) is 0. The minimum absolute atomic E-state index is 0.157. The lowest BCUT2D eigenvalue weighted by Crippen LogP contribution is -2.21. The van der Waals surface area contributed by atoms with Gasteiger partial charge in [-0.25, -0.2) is 0 Å². The highest BCUT2D eigenvalue weighted by Crippen LogP contribution is 2.22. The van der Waals surface area contributed by atoms with E-state index in [1.165, 1.54) is 11.8 Å². The average Bonchev–Trinajstić information content (AvgIpc) is 2.54. The molecule has 4 nitrogen and oxygen atoms in total. The average molecular weight is 459 g/mol. The Kier molecular flexibility index (Phi) is 7.14. The molecule has 0 fully saturated rings. The van der Waals surface area contributed by atoms with Gasteiger partial charge in [-0.05, 0) is 52.3 Å². The molecule has 1 N–H and O–H groups in total. The summed E-state index contributed by atoms with van der Waals surface area (Å²) < 4.78 is 6.71. The van der Waals surface area contributed by atoms with E-state index in [-0.39, 0.29) is 18.3 Å². The van der Waals surface area contributed by atoms with Crippen LogP contribution in [-0.2, 0) is 14.3 Å². The van der Waals surface area contributed by atoms with Crippen LogP contribution in [0.5, 0.6) is 0 Å². The highest BCUT2D eigenvalue weighted by molar-refractivity contribution is 9.10. The van der Waals surface area contributed by atoms with Crippen LogP contribution in [0, 0.1) is 0 Å². The Balaban J connectivity index is 1.72. The van der Waals surface area contributed by atoms with Crippen LogP contribution < -0.4 is 5.32 Å².